The Morgan fingerprint density at radius 3 is 1.23 bits per heavy atom. The third kappa shape index (κ3) is 5.35. The van der Waals surface area contributed by atoms with E-state index in [1.54, 1.807) is 0 Å². The predicted octanol–water partition coefficient (Wildman–Crippen LogP) is 10.7. The summed E-state index contributed by atoms with van der Waals surface area (Å²) in [5.74, 6) is 35.5. The molecule has 0 saturated heterocycles. The van der Waals surface area contributed by atoms with Crippen LogP contribution in [0.4, 0.5) is 0 Å². The monoisotopic (exact) mass is 670 g/mol. The van der Waals surface area contributed by atoms with Gasteiger partial charge in [0.1, 0.15) is 0 Å². The summed E-state index contributed by atoms with van der Waals surface area (Å²) in [6.45, 7) is 0. The Morgan fingerprint density at radius 1 is 0.423 bits per heavy atom. The topological polar surface area (TPSA) is 0 Å². The Morgan fingerprint density at radius 2 is 0.808 bits per heavy atom. The van der Waals surface area contributed by atoms with Gasteiger partial charge in [-0.05, 0) is 141 Å². The third-order valence-corrected chi connectivity index (χ3v) is 14.5. The third-order valence-electron chi connectivity index (χ3n) is 14.5. The standard InChI is InChI=1S/C52H46/c1-5-13-38(14-6-1)21-24-45-46-35-50(28-27-41-19-11-4-12-20-41)36-47(45)49(26-23-40-17-9-3-10-18-40)52(37-50,48(46)25-22-39-15-7-2-8-16-39)51-32-42-29-43(33-51)31-44(30-42)34-51/h1-20,42-49H,29-37H2. The molecule has 4 unspecified atom stereocenters. The van der Waals surface area contributed by atoms with Crippen LogP contribution in [-0.2, 0) is 0 Å². The maximum atomic E-state index is 4.16. The van der Waals surface area contributed by atoms with Gasteiger partial charge in [-0.3, -0.25) is 0 Å². The van der Waals surface area contributed by atoms with Crippen molar-refractivity contribution in [3.63, 3.8) is 0 Å². The fourth-order valence-electron chi connectivity index (χ4n) is 13.2. The first-order chi connectivity index (χ1) is 25.6. The molecule has 4 aromatic rings. The molecule has 0 N–H and O–H groups in total. The summed E-state index contributed by atoms with van der Waals surface area (Å²) in [5.41, 5.74) is 4.66. The van der Waals surface area contributed by atoms with Crippen molar-refractivity contribution in [2.75, 3.05) is 0 Å². The highest BCUT2D eigenvalue weighted by Gasteiger charge is 2.76. The van der Waals surface area contributed by atoms with Gasteiger partial charge in [-0.15, -0.1) is 0 Å². The van der Waals surface area contributed by atoms with Crippen molar-refractivity contribution < 1.29 is 0 Å². The summed E-state index contributed by atoms with van der Waals surface area (Å²) >= 11 is 0. The smallest absolute Gasteiger partial charge is 0.0331 e. The van der Waals surface area contributed by atoms with E-state index in [4.69, 9.17) is 0 Å². The summed E-state index contributed by atoms with van der Waals surface area (Å²) in [4.78, 5) is 0. The molecule has 12 rings (SSSR count). The van der Waals surface area contributed by atoms with Crippen LogP contribution in [0.15, 0.2) is 121 Å². The number of hydrogen-bond acceptors (Lipinski definition) is 0. The Balaban J connectivity index is 1.21. The lowest BCUT2D eigenvalue weighted by Crippen LogP contribution is -2.71. The largest absolute Gasteiger partial charge is 0.0938 e. The van der Waals surface area contributed by atoms with E-state index in [2.05, 4.69) is 169 Å². The van der Waals surface area contributed by atoms with Gasteiger partial charge in [-0.2, -0.15) is 0 Å². The molecule has 0 nitrogen and oxygen atoms in total. The van der Waals surface area contributed by atoms with Gasteiger partial charge in [0, 0.05) is 50.8 Å². The molecule has 8 aliphatic rings. The molecule has 0 amide bonds. The van der Waals surface area contributed by atoms with Crippen LogP contribution in [0.3, 0.4) is 0 Å². The first-order valence-corrected chi connectivity index (χ1v) is 19.9. The molecule has 0 aromatic heterocycles. The number of rotatable bonds is 1. The van der Waals surface area contributed by atoms with Gasteiger partial charge in [0.05, 0.1) is 0 Å². The number of hydrogen-bond donors (Lipinski definition) is 0. The van der Waals surface area contributed by atoms with Crippen LogP contribution in [0.5, 0.6) is 0 Å². The van der Waals surface area contributed by atoms with Crippen LogP contribution in [0, 0.1) is 111 Å². The lowest BCUT2D eigenvalue weighted by Gasteiger charge is -2.76. The molecule has 8 saturated carbocycles. The van der Waals surface area contributed by atoms with E-state index in [-0.39, 0.29) is 34.0 Å². The van der Waals surface area contributed by atoms with Gasteiger partial charge in [-0.25, -0.2) is 0 Å². The first-order valence-electron chi connectivity index (χ1n) is 19.9. The maximum Gasteiger partial charge on any atom is 0.0331 e. The van der Waals surface area contributed by atoms with Crippen LogP contribution in [0.2, 0.25) is 0 Å². The second-order valence-electron chi connectivity index (χ2n) is 17.4. The van der Waals surface area contributed by atoms with Gasteiger partial charge < -0.3 is 0 Å². The zero-order chi connectivity index (χ0) is 34.6. The second-order valence-corrected chi connectivity index (χ2v) is 17.4. The Hall–Kier alpha value is -4.88. The summed E-state index contributed by atoms with van der Waals surface area (Å²) < 4.78 is 0. The minimum atomic E-state index is -0.0463. The molecular weight excluding hydrogens is 625 g/mol. The zero-order valence-electron chi connectivity index (χ0n) is 30.0. The van der Waals surface area contributed by atoms with Gasteiger partial charge in [0.25, 0.3) is 0 Å². The molecule has 0 spiro atoms. The van der Waals surface area contributed by atoms with Crippen molar-refractivity contribution in [3.8, 4) is 47.4 Å². The van der Waals surface area contributed by atoms with E-state index in [0.717, 1.165) is 59.3 Å². The normalized spacial score (nSPS) is 36.9. The van der Waals surface area contributed by atoms with Gasteiger partial charge in [0.15, 0.2) is 0 Å². The average Bonchev–Trinajstić information content (AvgIpc) is 3.17. The molecule has 8 bridgehead atoms. The van der Waals surface area contributed by atoms with Crippen LogP contribution in [-0.4, -0.2) is 0 Å². The van der Waals surface area contributed by atoms with E-state index >= 15 is 0 Å². The van der Waals surface area contributed by atoms with Crippen molar-refractivity contribution >= 4 is 0 Å². The molecule has 254 valence electrons. The fraction of sp³-hybridized carbons (Fsp3) is 0.385. The molecule has 4 atom stereocenters. The lowest BCUT2D eigenvalue weighted by molar-refractivity contribution is -0.259. The van der Waals surface area contributed by atoms with Crippen LogP contribution in [0.25, 0.3) is 0 Å². The van der Waals surface area contributed by atoms with Crippen molar-refractivity contribution in [2.45, 2.75) is 57.8 Å². The van der Waals surface area contributed by atoms with E-state index in [1.807, 2.05) is 0 Å². The first kappa shape index (κ1) is 31.8. The number of benzene rings is 4. The van der Waals surface area contributed by atoms with E-state index in [0.29, 0.717) is 11.8 Å². The summed E-state index contributed by atoms with van der Waals surface area (Å²) in [5, 5.41) is 0. The fourth-order valence-corrected chi connectivity index (χ4v) is 13.2. The molecule has 0 radical (unpaired) electrons. The molecular formula is C52H46. The average molecular weight is 671 g/mol. The van der Waals surface area contributed by atoms with Crippen molar-refractivity contribution in [2.24, 2.45) is 63.6 Å². The highest BCUT2D eigenvalue weighted by atomic mass is 14.8. The molecule has 8 aliphatic carbocycles. The molecule has 0 heterocycles. The summed E-state index contributed by atoms with van der Waals surface area (Å²) in [6, 6.07) is 42.8. The molecule has 0 aliphatic heterocycles. The highest BCUT2D eigenvalue weighted by molar-refractivity contribution is 5.46. The Kier molecular flexibility index (Phi) is 7.75. The zero-order valence-corrected chi connectivity index (χ0v) is 30.0. The maximum absolute atomic E-state index is 4.16. The van der Waals surface area contributed by atoms with Crippen molar-refractivity contribution in [1.29, 1.82) is 0 Å². The molecule has 4 aromatic carbocycles. The second kappa shape index (κ2) is 12.7. The molecule has 8 fully saturated rings. The van der Waals surface area contributed by atoms with E-state index in [9.17, 15) is 0 Å². The Bertz CT molecular complexity index is 2090. The quantitative estimate of drug-likeness (QED) is 0.177. The van der Waals surface area contributed by atoms with Gasteiger partial charge >= 0.3 is 0 Å². The van der Waals surface area contributed by atoms with Crippen molar-refractivity contribution in [3.05, 3.63) is 144 Å². The molecule has 0 heteroatoms. The molecule has 52 heavy (non-hydrogen) atoms. The van der Waals surface area contributed by atoms with E-state index < -0.39 is 0 Å². The van der Waals surface area contributed by atoms with Crippen LogP contribution >= 0.6 is 0 Å². The SMILES string of the molecule is C(#CC1C2CC3(C#Cc4ccccc4)CC1C(C#Cc1ccccc1)C(C14CC5CC(CC(C5)C1)C4)(C3)C2C#Cc1ccccc1)c1ccccc1. The lowest BCUT2D eigenvalue weighted by atomic mass is 9.27. The van der Waals surface area contributed by atoms with E-state index in [1.165, 1.54) is 38.5 Å². The Labute approximate surface area is 311 Å². The summed E-state index contributed by atoms with van der Waals surface area (Å²) in [7, 11) is 0. The van der Waals surface area contributed by atoms with Gasteiger partial charge in [0.2, 0.25) is 0 Å². The van der Waals surface area contributed by atoms with Gasteiger partial charge in [-0.1, -0.05) is 120 Å². The van der Waals surface area contributed by atoms with Crippen molar-refractivity contribution in [1.82, 2.24) is 0 Å². The van der Waals surface area contributed by atoms with Crippen LogP contribution in [0.1, 0.15) is 80.0 Å². The summed E-state index contributed by atoms with van der Waals surface area (Å²) in [6.07, 6.45) is 11.7. The minimum absolute atomic E-state index is 0.0191. The highest BCUT2D eigenvalue weighted by Crippen LogP contribution is 2.80. The minimum Gasteiger partial charge on any atom is -0.0938 e. The van der Waals surface area contributed by atoms with Crippen LogP contribution < -0.4 is 0 Å². The predicted molar refractivity (Wildman–Crippen MR) is 210 cm³/mol.